The van der Waals surface area contributed by atoms with Gasteiger partial charge in [0, 0.05) is 61.2 Å². The van der Waals surface area contributed by atoms with Gasteiger partial charge in [-0.2, -0.15) is 5.10 Å². The van der Waals surface area contributed by atoms with Crippen molar-refractivity contribution in [2.45, 2.75) is 32.7 Å². The van der Waals surface area contributed by atoms with Crippen LogP contribution in [0.25, 0.3) is 16.8 Å². The van der Waals surface area contributed by atoms with Gasteiger partial charge >= 0.3 is 0 Å². The number of halogens is 1. The minimum absolute atomic E-state index is 0.0303. The van der Waals surface area contributed by atoms with Gasteiger partial charge in [-0.3, -0.25) is 13.9 Å². The fraction of sp³-hybridized carbons (Fsp3) is 0.385. The molecule has 0 radical (unpaired) electrons. The fourth-order valence-electron chi connectivity index (χ4n) is 4.69. The van der Waals surface area contributed by atoms with Crippen molar-refractivity contribution < 1.29 is 13.9 Å². The van der Waals surface area contributed by atoms with Gasteiger partial charge in [-0.25, -0.2) is 4.39 Å². The Labute approximate surface area is 208 Å². The zero-order valence-corrected chi connectivity index (χ0v) is 20.8. The summed E-state index contributed by atoms with van der Waals surface area (Å²) in [6.45, 7) is 4.34. The smallest absolute Gasteiger partial charge is 0.274 e. The molecule has 0 saturated carbocycles. The summed E-state index contributed by atoms with van der Waals surface area (Å²) in [6, 6.07) is 8.33. The number of pyridine rings is 1. The first-order valence-corrected chi connectivity index (χ1v) is 12.2. The second-order valence-corrected chi connectivity index (χ2v) is 9.07. The molecule has 0 aliphatic carbocycles. The van der Waals surface area contributed by atoms with Crippen LogP contribution in [0.5, 0.6) is 5.75 Å². The van der Waals surface area contributed by atoms with Crippen LogP contribution in [0.3, 0.4) is 0 Å². The second kappa shape index (κ2) is 10.1. The van der Waals surface area contributed by atoms with Crippen molar-refractivity contribution in [2.75, 3.05) is 26.7 Å². The number of benzene rings is 1. The van der Waals surface area contributed by atoms with E-state index in [0.29, 0.717) is 24.4 Å². The molecule has 1 amide bonds. The molecule has 5 rings (SSSR count). The van der Waals surface area contributed by atoms with Crippen molar-refractivity contribution in [3.8, 4) is 16.9 Å². The van der Waals surface area contributed by atoms with Crippen LogP contribution in [-0.2, 0) is 20.0 Å². The molecule has 4 heterocycles. The third kappa shape index (κ3) is 4.56. The standard InChI is InChI=1S/C26H30FN7O2/c1-17-20(25(31-32(17)3)26(35)33-11-4-5-12-33)10-13-36-22-14-19(27)7-8-21(22)18-6-9-23-29-30-24(15-28-2)34(23)16-18/h6-9,14,16,28H,4-5,10-13,15H2,1-3H3. The molecule has 1 saturated heterocycles. The van der Waals surface area contributed by atoms with E-state index in [1.807, 2.05) is 48.6 Å². The number of amides is 1. The molecule has 1 aromatic carbocycles. The Morgan fingerprint density at radius 3 is 2.75 bits per heavy atom. The topological polar surface area (TPSA) is 89.6 Å². The molecule has 4 aromatic rings. The molecule has 1 aliphatic rings. The Morgan fingerprint density at radius 2 is 1.97 bits per heavy atom. The van der Waals surface area contributed by atoms with Gasteiger partial charge in [-0.1, -0.05) is 0 Å². The van der Waals surface area contributed by atoms with E-state index in [1.165, 1.54) is 12.1 Å². The molecule has 0 bridgehead atoms. The number of nitrogens with one attached hydrogen (secondary N) is 1. The van der Waals surface area contributed by atoms with Gasteiger partial charge in [-0.15, -0.1) is 10.2 Å². The van der Waals surface area contributed by atoms with Gasteiger partial charge in [0.2, 0.25) is 0 Å². The molecule has 0 unspecified atom stereocenters. The lowest BCUT2D eigenvalue weighted by Gasteiger charge is -2.15. The van der Waals surface area contributed by atoms with Crippen LogP contribution in [0, 0.1) is 12.7 Å². The van der Waals surface area contributed by atoms with Crippen molar-refractivity contribution in [1.82, 2.24) is 34.6 Å². The van der Waals surface area contributed by atoms with Crippen LogP contribution in [0.4, 0.5) is 4.39 Å². The number of nitrogens with zero attached hydrogens (tertiary/aromatic N) is 6. The molecule has 36 heavy (non-hydrogen) atoms. The van der Waals surface area contributed by atoms with E-state index < -0.39 is 0 Å². The molecular formula is C26H30FN7O2. The highest BCUT2D eigenvalue weighted by atomic mass is 19.1. The lowest BCUT2D eigenvalue weighted by Crippen LogP contribution is -2.29. The normalized spacial score (nSPS) is 13.6. The summed E-state index contributed by atoms with van der Waals surface area (Å²) >= 11 is 0. The van der Waals surface area contributed by atoms with Crippen LogP contribution >= 0.6 is 0 Å². The number of aryl methyl sites for hydroxylation is 1. The summed E-state index contributed by atoms with van der Waals surface area (Å²) in [7, 11) is 3.69. The van der Waals surface area contributed by atoms with Gasteiger partial charge in [-0.05, 0) is 51.1 Å². The molecule has 0 atom stereocenters. The maximum Gasteiger partial charge on any atom is 0.274 e. The van der Waals surface area contributed by atoms with Crippen molar-refractivity contribution >= 4 is 11.6 Å². The third-order valence-electron chi connectivity index (χ3n) is 6.73. The molecule has 10 heteroatoms. The van der Waals surface area contributed by atoms with Gasteiger partial charge in [0.05, 0.1) is 13.2 Å². The van der Waals surface area contributed by atoms with E-state index in [2.05, 4.69) is 20.6 Å². The largest absolute Gasteiger partial charge is 0.492 e. The molecule has 1 aliphatic heterocycles. The highest BCUT2D eigenvalue weighted by Crippen LogP contribution is 2.31. The number of fused-ring (bicyclic) bond motifs is 1. The number of ether oxygens (including phenoxy) is 1. The molecule has 188 valence electrons. The molecule has 9 nitrogen and oxygen atoms in total. The summed E-state index contributed by atoms with van der Waals surface area (Å²) in [5.41, 5.74) is 4.63. The van der Waals surface area contributed by atoms with E-state index >= 15 is 0 Å². The Bertz CT molecular complexity index is 1410. The number of rotatable bonds is 8. The van der Waals surface area contributed by atoms with Gasteiger partial charge in [0.1, 0.15) is 11.6 Å². The van der Waals surface area contributed by atoms with Crippen molar-refractivity contribution in [3.63, 3.8) is 0 Å². The number of carbonyl (C=O) groups is 1. The van der Waals surface area contributed by atoms with Gasteiger partial charge in [0.25, 0.3) is 5.91 Å². The molecule has 3 aromatic heterocycles. The zero-order chi connectivity index (χ0) is 25.2. The SMILES string of the molecule is CNCc1nnc2ccc(-c3ccc(F)cc3OCCc3c(C(=O)N4CCCC4)nn(C)c3C)cn12. The number of likely N-dealkylation sites (tertiary alicyclic amines) is 1. The first-order chi connectivity index (χ1) is 17.5. The van der Waals surface area contributed by atoms with E-state index in [1.54, 1.807) is 10.7 Å². The Hall–Kier alpha value is -3.79. The first kappa shape index (κ1) is 23.9. The summed E-state index contributed by atoms with van der Waals surface area (Å²) < 4.78 is 24.0. The maximum atomic E-state index is 14.2. The predicted molar refractivity (Wildman–Crippen MR) is 133 cm³/mol. The minimum Gasteiger partial charge on any atom is -0.492 e. The number of hydrogen-bond donors (Lipinski definition) is 1. The minimum atomic E-state index is -0.377. The number of aromatic nitrogens is 5. The maximum absolute atomic E-state index is 14.2. The van der Waals surface area contributed by atoms with E-state index in [0.717, 1.165) is 59.8 Å². The summed E-state index contributed by atoms with van der Waals surface area (Å²) in [4.78, 5) is 14.9. The first-order valence-electron chi connectivity index (χ1n) is 12.2. The van der Waals surface area contributed by atoms with Crippen LogP contribution in [0.2, 0.25) is 0 Å². The van der Waals surface area contributed by atoms with Crippen molar-refractivity contribution in [1.29, 1.82) is 0 Å². The summed E-state index contributed by atoms with van der Waals surface area (Å²) in [6.07, 6.45) is 4.47. The Kier molecular flexibility index (Phi) is 6.69. The number of carbonyl (C=O) groups excluding carboxylic acids is 1. The fourth-order valence-corrected chi connectivity index (χ4v) is 4.69. The van der Waals surface area contributed by atoms with Crippen LogP contribution in [0.1, 0.15) is 40.4 Å². The molecular weight excluding hydrogens is 461 g/mol. The van der Waals surface area contributed by atoms with Crippen LogP contribution in [0.15, 0.2) is 36.5 Å². The van der Waals surface area contributed by atoms with Crippen LogP contribution < -0.4 is 10.1 Å². The average Bonchev–Trinajstić information content (AvgIpc) is 3.61. The molecule has 0 spiro atoms. The van der Waals surface area contributed by atoms with Gasteiger partial charge in [0.15, 0.2) is 17.2 Å². The Morgan fingerprint density at radius 1 is 1.17 bits per heavy atom. The molecule has 1 fully saturated rings. The Balaban J connectivity index is 1.39. The summed E-state index contributed by atoms with van der Waals surface area (Å²) in [5.74, 6) is 0.808. The van der Waals surface area contributed by atoms with E-state index in [4.69, 9.17) is 4.74 Å². The van der Waals surface area contributed by atoms with E-state index in [9.17, 15) is 9.18 Å². The quantitative estimate of drug-likeness (QED) is 0.407. The highest BCUT2D eigenvalue weighted by molar-refractivity contribution is 5.94. The molecule has 1 N–H and O–H groups in total. The van der Waals surface area contributed by atoms with Crippen LogP contribution in [-0.4, -0.2) is 61.9 Å². The lowest BCUT2D eigenvalue weighted by molar-refractivity contribution is 0.0785. The number of hydrogen-bond acceptors (Lipinski definition) is 6. The average molecular weight is 492 g/mol. The zero-order valence-electron chi connectivity index (χ0n) is 20.8. The summed E-state index contributed by atoms with van der Waals surface area (Å²) in [5, 5.41) is 16.0. The monoisotopic (exact) mass is 491 g/mol. The third-order valence-corrected chi connectivity index (χ3v) is 6.73. The van der Waals surface area contributed by atoms with Gasteiger partial charge < -0.3 is 15.0 Å². The predicted octanol–water partition coefficient (Wildman–Crippen LogP) is 3.15. The highest BCUT2D eigenvalue weighted by Gasteiger charge is 2.26. The van der Waals surface area contributed by atoms with Crippen molar-refractivity contribution in [2.24, 2.45) is 7.05 Å². The van der Waals surface area contributed by atoms with Crippen molar-refractivity contribution in [3.05, 3.63) is 65.1 Å². The van der Waals surface area contributed by atoms with E-state index in [-0.39, 0.29) is 18.3 Å². The second-order valence-electron chi connectivity index (χ2n) is 9.07. The lowest BCUT2D eigenvalue weighted by atomic mass is 10.1.